The van der Waals surface area contributed by atoms with Gasteiger partial charge in [0, 0.05) is 31.5 Å². The van der Waals surface area contributed by atoms with Gasteiger partial charge in [-0.2, -0.15) is 5.10 Å². The molecule has 0 spiro atoms. The van der Waals surface area contributed by atoms with E-state index in [4.69, 9.17) is 17.3 Å². The zero-order chi connectivity index (χ0) is 19.3. The second kappa shape index (κ2) is 6.64. The van der Waals surface area contributed by atoms with Crippen molar-refractivity contribution in [1.29, 1.82) is 0 Å². The second-order valence-electron chi connectivity index (χ2n) is 7.49. The first kappa shape index (κ1) is 18.0. The molecule has 0 radical (unpaired) electrons. The predicted molar refractivity (Wildman–Crippen MR) is 100 cm³/mol. The molecule has 0 bridgehead atoms. The van der Waals surface area contributed by atoms with Gasteiger partial charge in [-0.3, -0.25) is 14.3 Å². The molecule has 0 saturated heterocycles. The van der Waals surface area contributed by atoms with Crippen LogP contribution in [-0.4, -0.2) is 21.5 Å². The Morgan fingerprint density at radius 2 is 2.00 bits per heavy atom. The van der Waals surface area contributed by atoms with Crippen LogP contribution in [0.25, 0.3) is 0 Å². The number of nitrogens with two attached hydrogens (primary N) is 1. The number of nitrogens with zero attached hydrogens (tertiary/aromatic N) is 2. The van der Waals surface area contributed by atoms with Gasteiger partial charge in [-0.05, 0) is 42.9 Å². The number of aromatic nitrogens is 2. The summed E-state index contributed by atoms with van der Waals surface area (Å²) < 4.78 is 14.8. The third kappa shape index (κ3) is 3.20. The maximum absolute atomic E-state index is 13.3. The zero-order valence-electron chi connectivity index (χ0n) is 14.8. The number of carbonyl (C=O) groups excluding carboxylic acids is 2. The monoisotopic (exact) mass is 390 g/mol. The molecule has 1 heterocycles. The van der Waals surface area contributed by atoms with Crippen LogP contribution in [0.4, 0.5) is 15.9 Å². The largest absolute Gasteiger partial charge is 0.383 e. The number of halogens is 2. The first-order valence-electron chi connectivity index (χ1n) is 8.94. The zero-order valence-corrected chi connectivity index (χ0v) is 15.6. The number of ketones is 1. The molecule has 3 N–H and O–H groups in total. The van der Waals surface area contributed by atoms with Gasteiger partial charge in [0.15, 0.2) is 0 Å². The van der Waals surface area contributed by atoms with Crippen LogP contribution < -0.4 is 11.1 Å². The van der Waals surface area contributed by atoms with Gasteiger partial charge in [-0.1, -0.05) is 11.6 Å². The fourth-order valence-corrected chi connectivity index (χ4v) is 4.63. The van der Waals surface area contributed by atoms with E-state index in [0.29, 0.717) is 47.4 Å². The number of Topliss-reactive ketones (excluding diaryl/α,β-unsaturated/α-hetero) is 1. The maximum Gasteiger partial charge on any atom is 0.261 e. The third-order valence-corrected chi connectivity index (χ3v) is 6.02. The summed E-state index contributed by atoms with van der Waals surface area (Å²) in [4.78, 5) is 24.5. The number of fused-ring (bicyclic) bond motifs is 1. The van der Waals surface area contributed by atoms with Gasteiger partial charge in [0.25, 0.3) is 5.91 Å². The van der Waals surface area contributed by atoms with Gasteiger partial charge in [0.05, 0.1) is 10.7 Å². The van der Waals surface area contributed by atoms with Crippen molar-refractivity contribution in [2.24, 2.45) is 18.9 Å². The summed E-state index contributed by atoms with van der Waals surface area (Å²) in [5, 5.41) is 7.15. The van der Waals surface area contributed by atoms with Crippen LogP contribution in [0.1, 0.15) is 47.7 Å². The highest BCUT2D eigenvalue weighted by molar-refractivity contribution is 6.31. The molecule has 4 rings (SSSR count). The number of amides is 1. The van der Waals surface area contributed by atoms with E-state index in [0.717, 1.165) is 12.8 Å². The fourth-order valence-electron chi connectivity index (χ4n) is 4.45. The van der Waals surface area contributed by atoms with Crippen molar-refractivity contribution >= 4 is 34.8 Å². The lowest BCUT2D eigenvalue weighted by Crippen LogP contribution is -2.16. The molecule has 1 aromatic carbocycles. The van der Waals surface area contributed by atoms with Crippen LogP contribution in [0.5, 0.6) is 0 Å². The van der Waals surface area contributed by atoms with Gasteiger partial charge in [0.1, 0.15) is 23.0 Å². The molecule has 2 atom stereocenters. The highest BCUT2D eigenvalue weighted by atomic mass is 35.5. The van der Waals surface area contributed by atoms with Crippen molar-refractivity contribution in [3.05, 3.63) is 40.3 Å². The number of benzene rings is 1. The number of nitrogens with one attached hydrogen (secondary N) is 1. The average molecular weight is 391 g/mol. The van der Waals surface area contributed by atoms with Crippen LogP contribution >= 0.6 is 11.6 Å². The van der Waals surface area contributed by atoms with Crippen LogP contribution in [0.3, 0.4) is 0 Å². The van der Waals surface area contributed by atoms with Crippen molar-refractivity contribution in [2.45, 2.75) is 31.6 Å². The SMILES string of the molecule is Cn1nc(C2CC3CC(=O)CC3C2)c(C(=O)Nc2ccc(F)c(Cl)c2)c1N. The summed E-state index contributed by atoms with van der Waals surface area (Å²) in [5.74, 6) is 0.512. The van der Waals surface area contributed by atoms with E-state index in [-0.39, 0.29) is 16.8 Å². The number of hydrogen-bond acceptors (Lipinski definition) is 4. The molecule has 2 fully saturated rings. The predicted octanol–water partition coefficient (Wildman–Crippen LogP) is 3.52. The molecule has 2 unspecified atom stereocenters. The van der Waals surface area contributed by atoms with Gasteiger partial charge >= 0.3 is 0 Å². The number of aryl methyl sites for hydroxylation is 1. The first-order chi connectivity index (χ1) is 12.8. The smallest absolute Gasteiger partial charge is 0.261 e. The van der Waals surface area contributed by atoms with Crippen molar-refractivity contribution in [3.8, 4) is 0 Å². The van der Waals surface area contributed by atoms with E-state index in [9.17, 15) is 14.0 Å². The molecule has 0 aliphatic heterocycles. The van der Waals surface area contributed by atoms with E-state index >= 15 is 0 Å². The number of carbonyl (C=O) groups is 2. The Labute approximate surface area is 160 Å². The van der Waals surface area contributed by atoms with Gasteiger partial charge in [-0.15, -0.1) is 0 Å². The third-order valence-electron chi connectivity index (χ3n) is 5.73. The summed E-state index contributed by atoms with van der Waals surface area (Å²) in [7, 11) is 1.70. The van der Waals surface area contributed by atoms with Crippen LogP contribution in [0.15, 0.2) is 18.2 Å². The minimum absolute atomic E-state index is 0.0690. The Balaban J connectivity index is 1.60. The second-order valence-corrected chi connectivity index (χ2v) is 7.89. The normalized spacial score (nSPS) is 24.3. The van der Waals surface area contributed by atoms with Crippen molar-refractivity contribution in [3.63, 3.8) is 0 Å². The fraction of sp³-hybridized carbons (Fsp3) is 0.421. The quantitative estimate of drug-likeness (QED) is 0.839. The number of rotatable bonds is 3. The summed E-state index contributed by atoms with van der Waals surface area (Å²) >= 11 is 5.78. The van der Waals surface area contributed by atoms with Crippen LogP contribution in [0, 0.1) is 17.7 Å². The van der Waals surface area contributed by atoms with E-state index < -0.39 is 11.7 Å². The molecule has 1 amide bonds. The molecule has 27 heavy (non-hydrogen) atoms. The van der Waals surface area contributed by atoms with Gasteiger partial charge in [-0.25, -0.2) is 4.39 Å². The van der Waals surface area contributed by atoms with Crippen molar-refractivity contribution in [2.75, 3.05) is 11.1 Å². The molecular formula is C19H20ClFN4O2. The Bertz CT molecular complexity index is 926. The van der Waals surface area contributed by atoms with Gasteiger partial charge < -0.3 is 11.1 Å². The Morgan fingerprint density at radius 1 is 1.33 bits per heavy atom. The number of anilines is 2. The van der Waals surface area contributed by atoms with E-state index in [1.807, 2.05) is 0 Å². The lowest BCUT2D eigenvalue weighted by Gasteiger charge is -2.12. The lowest BCUT2D eigenvalue weighted by atomic mass is 9.96. The van der Waals surface area contributed by atoms with E-state index in [1.165, 1.54) is 22.9 Å². The Morgan fingerprint density at radius 3 is 2.63 bits per heavy atom. The average Bonchev–Trinajstić information content (AvgIpc) is 3.22. The standard InChI is InChI=1S/C19H20ClFN4O2/c1-25-18(22)16(19(27)23-12-2-3-15(21)14(20)8-12)17(24-25)11-4-9-6-13(26)7-10(9)5-11/h2-3,8-11H,4-7,22H2,1H3,(H,23,27). The van der Waals surface area contributed by atoms with Crippen LogP contribution in [-0.2, 0) is 11.8 Å². The summed E-state index contributed by atoms with van der Waals surface area (Å²) in [6, 6.07) is 3.99. The topological polar surface area (TPSA) is 90.0 Å². The summed E-state index contributed by atoms with van der Waals surface area (Å²) in [6.45, 7) is 0. The van der Waals surface area contributed by atoms with Crippen molar-refractivity contribution in [1.82, 2.24) is 9.78 Å². The van der Waals surface area contributed by atoms with Crippen LogP contribution in [0.2, 0.25) is 5.02 Å². The Hall–Kier alpha value is -2.41. The Kier molecular flexibility index (Phi) is 4.42. The van der Waals surface area contributed by atoms with E-state index in [2.05, 4.69) is 10.4 Å². The molecule has 2 aliphatic carbocycles. The molecule has 2 saturated carbocycles. The first-order valence-corrected chi connectivity index (χ1v) is 9.31. The summed E-state index contributed by atoms with van der Waals surface area (Å²) in [6.07, 6.45) is 2.93. The highest BCUT2D eigenvalue weighted by Gasteiger charge is 2.43. The molecule has 142 valence electrons. The van der Waals surface area contributed by atoms with Crippen molar-refractivity contribution < 1.29 is 14.0 Å². The summed E-state index contributed by atoms with van der Waals surface area (Å²) in [5.41, 5.74) is 7.51. The number of hydrogen-bond donors (Lipinski definition) is 2. The van der Waals surface area contributed by atoms with E-state index in [1.54, 1.807) is 7.05 Å². The minimum Gasteiger partial charge on any atom is -0.383 e. The molecule has 6 nitrogen and oxygen atoms in total. The number of nitrogen functional groups attached to an aromatic ring is 1. The molecule has 1 aromatic heterocycles. The minimum atomic E-state index is -0.553. The molecular weight excluding hydrogens is 371 g/mol. The molecule has 2 aromatic rings. The van der Waals surface area contributed by atoms with Gasteiger partial charge in [0.2, 0.25) is 0 Å². The lowest BCUT2D eigenvalue weighted by molar-refractivity contribution is -0.117. The molecule has 8 heteroatoms. The highest BCUT2D eigenvalue weighted by Crippen LogP contribution is 2.50. The molecule has 2 aliphatic rings. The maximum atomic E-state index is 13.3.